The summed E-state index contributed by atoms with van der Waals surface area (Å²) < 4.78 is 11.6. The van der Waals surface area contributed by atoms with Crippen LogP contribution in [-0.2, 0) is 20.8 Å². The Kier molecular flexibility index (Phi) is 6.73. The van der Waals surface area contributed by atoms with E-state index < -0.39 is 5.97 Å². The van der Waals surface area contributed by atoms with Gasteiger partial charge in [-0.2, -0.15) is 0 Å². The second-order valence-corrected chi connectivity index (χ2v) is 6.45. The van der Waals surface area contributed by atoms with E-state index in [1.54, 1.807) is 24.3 Å². The number of esters is 2. The lowest BCUT2D eigenvalue weighted by Gasteiger charge is -2.09. The zero-order valence-electron chi connectivity index (χ0n) is 16.5. The largest absolute Gasteiger partial charge is 0.465 e. The molecule has 7 nitrogen and oxygen atoms in total. The first-order valence-corrected chi connectivity index (χ1v) is 9.47. The molecule has 1 aromatic heterocycles. The van der Waals surface area contributed by atoms with Crippen LogP contribution in [0.2, 0.25) is 0 Å². The Bertz CT molecular complexity index is 965. The number of aromatic nitrogens is 3. The van der Waals surface area contributed by atoms with Gasteiger partial charge in [0.2, 0.25) is 0 Å². The summed E-state index contributed by atoms with van der Waals surface area (Å²) in [5.74, 6) is -0.777. The van der Waals surface area contributed by atoms with Crippen LogP contribution in [0.15, 0.2) is 54.6 Å². The summed E-state index contributed by atoms with van der Waals surface area (Å²) in [4.78, 5) is 24.0. The average Bonchev–Trinajstić information content (AvgIpc) is 3.17. The summed E-state index contributed by atoms with van der Waals surface area (Å²) >= 11 is 0. The van der Waals surface area contributed by atoms with Gasteiger partial charge in [0.1, 0.15) is 12.2 Å². The number of hydrogen-bond acceptors (Lipinski definition) is 6. The van der Waals surface area contributed by atoms with Crippen LogP contribution in [0.3, 0.4) is 0 Å². The summed E-state index contributed by atoms with van der Waals surface area (Å²) in [7, 11) is 1.34. The highest BCUT2D eigenvalue weighted by Crippen LogP contribution is 2.30. The zero-order valence-corrected chi connectivity index (χ0v) is 16.5. The minimum atomic E-state index is -0.411. The molecular weight excluding hydrogens is 370 g/mol. The molecule has 0 unspecified atom stereocenters. The van der Waals surface area contributed by atoms with E-state index in [2.05, 4.69) is 10.3 Å². The van der Waals surface area contributed by atoms with Crippen molar-refractivity contribution in [3.8, 4) is 22.5 Å². The van der Waals surface area contributed by atoms with E-state index in [-0.39, 0.29) is 12.5 Å². The number of unbranched alkanes of at least 4 members (excludes halogenated alkanes) is 1. The molecule has 0 amide bonds. The molecule has 7 heteroatoms. The van der Waals surface area contributed by atoms with E-state index in [4.69, 9.17) is 9.47 Å². The minimum absolute atomic E-state index is 0.0440. The Morgan fingerprint density at radius 1 is 1.00 bits per heavy atom. The Labute approximate surface area is 169 Å². The molecule has 0 N–H and O–H groups in total. The highest BCUT2D eigenvalue weighted by atomic mass is 16.5. The molecule has 0 aliphatic heterocycles. The van der Waals surface area contributed by atoms with Crippen LogP contribution in [0.4, 0.5) is 0 Å². The van der Waals surface area contributed by atoms with Crippen LogP contribution >= 0.6 is 0 Å². The van der Waals surface area contributed by atoms with Gasteiger partial charge in [-0.1, -0.05) is 61.0 Å². The summed E-state index contributed by atoms with van der Waals surface area (Å²) in [6.07, 6.45) is 1.77. The number of hydrogen-bond donors (Lipinski definition) is 0. The standard InChI is InChI=1S/C22H23N3O4/c1-3-4-14-29-19(26)15-25-21(17-10-12-18(13-11-17)22(27)28-2)20(23-24-25)16-8-6-5-7-9-16/h5-13H,3-4,14-15H2,1-2H3. The van der Waals surface area contributed by atoms with Crippen molar-refractivity contribution in [3.05, 3.63) is 60.2 Å². The third kappa shape index (κ3) is 4.87. The number of benzene rings is 2. The smallest absolute Gasteiger partial charge is 0.337 e. The topological polar surface area (TPSA) is 83.3 Å². The second-order valence-electron chi connectivity index (χ2n) is 6.45. The van der Waals surface area contributed by atoms with Crippen molar-refractivity contribution >= 4 is 11.9 Å². The quantitative estimate of drug-likeness (QED) is 0.428. The van der Waals surface area contributed by atoms with Gasteiger partial charge in [0.15, 0.2) is 0 Å². The Morgan fingerprint density at radius 3 is 2.38 bits per heavy atom. The molecule has 3 aromatic rings. The number of carbonyl (C=O) groups is 2. The number of ether oxygens (including phenoxy) is 2. The van der Waals surface area contributed by atoms with E-state index in [9.17, 15) is 9.59 Å². The minimum Gasteiger partial charge on any atom is -0.465 e. The lowest BCUT2D eigenvalue weighted by molar-refractivity contribution is -0.144. The van der Waals surface area contributed by atoms with Crippen molar-refractivity contribution in [2.75, 3.05) is 13.7 Å². The first kappa shape index (κ1) is 20.3. The Balaban J connectivity index is 1.96. The highest BCUT2D eigenvalue weighted by molar-refractivity contribution is 5.90. The fraction of sp³-hybridized carbons (Fsp3) is 0.273. The molecule has 0 saturated carbocycles. The fourth-order valence-corrected chi connectivity index (χ4v) is 2.88. The zero-order chi connectivity index (χ0) is 20.6. The van der Waals surface area contributed by atoms with Crippen LogP contribution in [0, 0.1) is 0 Å². The molecular formula is C22H23N3O4. The van der Waals surface area contributed by atoms with Crippen molar-refractivity contribution in [2.45, 2.75) is 26.3 Å². The van der Waals surface area contributed by atoms with Gasteiger partial charge in [0, 0.05) is 11.1 Å². The van der Waals surface area contributed by atoms with Crippen LogP contribution in [0.5, 0.6) is 0 Å². The van der Waals surface area contributed by atoms with Crippen LogP contribution in [0.25, 0.3) is 22.5 Å². The molecule has 0 aliphatic carbocycles. The maximum absolute atomic E-state index is 12.2. The van der Waals surface area contributed by atoms with Gasteiger partial charge in [0.05, 0.1) is 25.0 Å². The maximum atomic E-state index is 12.2. The molecule has 1 heterocycles. The van der Waals surface area contributed by atoms with E-state index in [0.717, 1.165) is 24.0 Å². The number of nitrogens with zero attached hydrogens (tertiary/aromatic N) is 3. The summed E-state index contributed by atoms with van der Waals surface area (Å²) in [6.45, 7) is 2.38. The van der Waals surface area contributed by atoms with E-state index >= 15 is 0 Å². The van der Waals surface area contributed by atoms with Gasteiger partial charge in [-0.15, -0.1) is 5.10 Å². The number of carbonyl (C=O) groups excluding carboxylic acids is 2. The molecule has 150 valence electrons. The number of methoxy groups -OCH3 is 1. The van der Waals surface area contributed by atoms with Crippen molar-refractivity contribution in [1.82, 2.24) is 15.0 Å². The van der Waals surface area contributed by atoms with E-state index in [1.165, 1.54) is 11.8 Å². The van der Waals surface area contributed by atoms with Crippen molar-refractivity contribution in [3.63, 3.8) is 0 Å². The Hall–Kier alpha value is -3.48. The molecule has 0 atom stereocenters. The van der Waals surface area contributed by atoms with Crippen LogP contribution in [0.1, 0.15) is 30.1 Å². The summed E-state index contributed by atoms with van der Waals surface area (Å²) in [6, 6.07) is 16.5. The SMILES string of the molecule is CCCCOC(=O)Cn1nnc(-c2ccccc2)c1-c1ccc(C(=O)OC)cc1. The van der Waals surface area contributed by atoms with Crippen molar-refractivity contribution in [1.29, 1.82) is 0 Å². The van der Waals surface area contributed by atoms with Gasteiger partial charge in [-0.05, 0) is 18.6 Å². The predicted octanol–water partition coefficient (Wildman–Crippen LogP) is 3.74. The van der Waals surface area contributed by atoms with Gasteiger partial charge < -0.3 is 9.47 Å². The third-order valence-corrected chi connectivity index (χ3v) is 4.40. The van der Waals surface area contributed by atoms with E-state index in [1.807, 2.05) is 37.3 Å². The van der Waals surface area contributed by atoms with Gasteiger partial charge in [-0.3, -0.25) is 4.79 Å². The fourth-order valence-electron chi connectivity index (χ4n) is 2.88. The molecule has 2 aromatic carbocycles. The molecule has 0 aliphatic rings. The normalized spacial score (nSPS) is 10.6. The monoisotopic (exact) mass is 393 g/mol. The van der Waals surface area contributed by atoms with Crippen LogP contribution < -0.4 is 0 Å². The first-order chi connectivity index (χ1) is 14.1. The van der Waals surface area contributed by atoms with E-state index in [0.29, 0.717) is 23.6 Å². The average molecular weight is 393 g/mol. The van der Waals surface area contributed by atoms with Gasteiger partial charge in [-0.25, -0.2) is 9.48 Å². The maximum Gasteiger partial charge on any atom is 0.337 e. The molecule has 0 saturated heterocycles. The Morgan fingerprint density at radius 2 is 1.72 bits per heavy atom. The lowest BCUT2D eigenvalue weighted by Crippen LogP contribution is -2.16. The highest BCUT2D eigenvalue weighted by Gasteiger charge is 2.19. The van der Waals surface area contributed by atoms with Crippen molar-refractivity contribution in [2.24, 2.45) is 0 Å². The molecule has 0 bridgehead atoms. The van der Waals surface area contributed by atoms with Gasteiger partial charge >= 0.3 is 11.9 Å². The summed E-state index contributed by atoms with van der Waals surface area (Å²) in [5.41, 5.74) is 3.43. The first-order valence-electron chi connectivity index (χ1n) is 9.47. The third-order valence-electron chi connectivity index (χ3n) is 4.40. The lowest BCUT2D eigenvalue weighted by atomic mass is 10.0. The predicted molar refractivity (Wildman–Crippen MR) is 108 cm³/mol. The molecule has 0 radical (unpaired) electrons. The second kappa shape index (κ2) is 9.64. The molecule has 0 fully saturated rings. The molecule has 29 heavy (non-hydrogen) atoms. The summed E-state index contributed by atoms with van der Waals surface area (Å²) in [5, 5.41) is 8.48. The van der Waals surface area contributed by atoms with Gasteiger partial charge in [0.25, 0.3) is 0 Å². The molecule has 3 rings (SSSR count). The van der Waals surface area contributed by atoms with Crippen LogP contribution in [-0.4, -0.2) is 40.6 Å². The molecule has 0 spiro atoms. The number of rotatable bonds is 8. The van der Waals surface area contributed by atoms with Crippen molar-refractivity contribution < 1.29 is 19.1 Å².